The van der Waals surface area contributed by atoms with Crippen LogP contribution in [-0.2, 0) is 28.5 Å². The Hall–Kier alpha value is -1.14. The van der Waals surface area contributed by atoms with Gasteiger partial charge in [-0.25, -0.2) is 0 Å². The molecule has 0 aromatic heterocycles. The highest BCUT2D eigenvalue weighted by atomic mass is 16.6. The normalized spacial score (nSPS) is 11.2. The fraction of sp³-hybridized carbons (Fsp3) is 0.846. The minimum Gasteiger partial charge on any atom is -0.463 e. The van der Waals surface area contributed by atoms with Gasteiger partial charge in [-0.15, -0.1) is 0 Å². The maximum Gasteiger partial charge on any atom is 0.308 e. The topological polar surface area (TPSA) is 71.1 Å². The molecule has 0 heterocycles. The SMILES string of the molecule is CC(=O)OCCOCCOCCC(=O)OC(C)(C)C. The van der Waals surface area contributed by atoms with Crippen molar-refractivity contribution < 1.29 is 28.5 Å². The second-order valence-electron chi connectivity index (χ2n) is 4.90. The maximum atomic E-state index is 11.3. The number of ether oxygens (including phenoxy) is 4. The summed E-state index contributed by atoms with van der Waals surface area (Å²) >= 11 is 0. The van der Waals surface area contributed by atoms with Gasteiger partial charge in [0.05, 0.1) is 32.8 Å². The zero-order valence-corrected chi connectivity index (χ0v) is 12.2. The first kappa shape index (κ1) is 17.9. The molecule has 0 amide bonds. The van der Waals surface area contributed by atoms with Crippen molar-refractivity contribution in [2.24, 2.45) is 0 Å². The van der Waals surface area contributed by atoms with Gasteiger partial charge in [-0.05, 0) is 20.8 Å². The van der Waals surface area contributed by atoms with Crippen LogP contribution in [0.25, 0.3) is 0 Å². The highest BCUT2D eigenvalue weighted by Gasteiger charge is 2.15. The quantitative estimate of drug-likeness (QED) is 0.467. The monoisotopic (exact) mass is 276 g/mol. The van der Waals surface area contributed by atoms with E-state index in [9.17, 15) is 9.59 Å². The van der Waals surface area contributed by atoms with E-state index in [1.165, 1.54) is 6.92 Å². The Balaban J connectivity index is 3.27. The summed E-state index contributed by atoms with van der Waals surface area (Å²) in [5.41, 5.74) is -0.461. The van der Waals surface area contributed by atoms with E-state index in [0.29, 0.717) is 26.4 Å². The van der Waals surface area contributed by atoms with Gasteiger partial charge >= 0.3 is 11.9 Å². The van der Waals surface area contributed by atoms with Crippen molar-refractivity contribution in [3.63, 3.8) is 0 Å². The van der Waals surface area contributed by atoms with E-state index in [0.717, 1.165) is 0 Å². The van der Waals surface area contributed by atoms with Gasteiger partial charge in [0.25, 0.3) is 0 Å². The Morgan fingerprint density at radius 1 is 0.895 bits per heavy atom. The molecule has 112 valence electrons. The highest BCUT2D eigenvalue weighted by molar-refractivity contribution is 5.69. The summed E-state index contributed by atoms with van der Waals surface area (Å²) in [7, 11) is 0. The molecule has 0 unspecified atom stereocenters. The van der Waals surface area contributed by atoms with Crippen LogP contribution >= 0.6 is 0 Å². The average Bonchev–Trinajstić information content (AvgIpc) is 2.24. The van der Waals surface area contributed by atoms with E-state index in [1.807, 2.05) is 20.8 Å². The number of hydrogen-bond acceptors (Lipinski definition) is 6. The van der Waals surface area contributed by atoms with Crippen LogP contribution in [0.5, 0.6) is 0 Å². The van der Waals surface area contributed by atoms with Crippen molar-refractivity contribution in [1.29, 1.82) is 0 Å². The van der Waals surface area contributed by atoms with E-state index in [4.69, 9.17) is 14.2 Å². The summed E-state index contributed by atoms with van der Waals surface area (Å²) in [4.78, 5) is 21.7. The third kappa shape index (κ3) is 14.8. The van der Waals surface area contributed by atoms with Gasteiger partial charge in [0, 0.05) is 6.92 Å². The summed E-state index contributed by atoms with van der Waals surface area (Å²) in [6.07, 6.45) is 0.227. The van der Waals surface area contributed by atoms with Crippen LogP contribution < -0.4 is 0 Å². The van der Waals surface area contributed by atoms with Crippen molar-refractivity contribution >= 4 is 11.9 Å². The van der Waals surface area contributed by atoms with Crippen molar-refractivity contribution in [2.75, 3.05) is 33.0 Å². The lowest BCUT2D eigenvalue weighted by Crippen LogP contribution is -2.24. The second kappa shape index (κ2) is 9.75. The molecule has 0 fully saturated rings. The van der Waals surface area contributed by atoms with E-state index < -0.39 is 5.60 Å². The molecule has 0 aliphatic heterocycles. The van der Waals surface area contributed by atoms with Crippen LogP contribution in [0.2, 0.25) is 0 Å². The maximum absolute atomic E-state index is 11.3. The van der Waals surface area contributed by atoms with Gasteiger partial charge < -0.3 is 18.9 Å². The minimum atomic E-state index is -0.461. The molecule has 0 saturated carbocycles. The second-order valence-corrected chi connectivity index (χ2v) is 4.90. The number of carbonyl (C=O) groups excluding carboxylic acids is 2. The zero-order chi connectivity index (χ0) is 14.7. The van der Waals surface area contributed by atoms with Crippen molar-refractivity contribution in [3.05, 3.63) is 0 Å². The van der Waals surface area contributed by atoms with Crippen molar-refractivity contribution in [3.8, 4) is 0 Å². The van der Waals surface area contributed by atoms with Gasteiger partial charge in [-0.3, -0.25) is 9.59 Å². The Bertz CT molecular complexity index is 269. The van der Waals surface area contributed by atoms with Gasteiger partial charge in [-0.1, -0.05) is 0 Å². The Morgan fingerprint density at radius 3 is 1.95 bits per heavy atom. The van der Waals surface area contributed by atoms with E-state index in [2.05, 4.69) is 4.74 Å². The lowest BCUT2D eigenvalue weighted by Gasteiger charge is -2.19. The first-order valence-corrected chi connectivity index (χ1v) is 6.32. The molecule has 6 heteroatoms. The fourth-order valence-electron chi connectivity index (χ4n) is 1.11. The molecule has 0 aromatic rings. The van der Waals surface area contributed by atoms with Gasteiger partial charge in [0.2, 0.25) is 0 Å². The lowest BCUT2D eigenvalue weighted by molar-refractivity contribution is -0.156. The smallest absolute Gasteiger partial charge is 0.308 e. The van der Waals surface area contributed by atoms with Crippen LogP contribution in [0.3, 0.4) is 0 Å². The zero-order valence-electron chi connectivity index (χ0n) is 12.2. The summed E-state index contributed by atoms with van der Waals surface area (Å²) in [5.74, 6) is -0.597. The molecule has 0 rings (SSSR count). The van der Waals surface area contributed by atoms with Gasteiger partial charge in [-0.2, -0.15) is 0 Å². The Labute approximate surface area is 114 Å². The average molecular weight is 276 g/mol. The summed E-state index contributed by atoms with van der Waals surface area (Å²) in [6.45, 7) is 8.50. The highest BCUT2D eigenvalue weighted by Crippen LogP contribution is 2.07. The molecule has 0 bridgehead atoms. The van der Waals surface area contributed by atoms with Crippen LogP contribution in [-0.4, -0.2) is 50.6 Å². The molecule has 0 aliphatic carbocycles. The first-order chi connectivity index (χ1) is 8.81. The molecular weight excluding hydrogens is 252 g/mol. The first-order valence-electron chi connectivity index (χ1n) is 6.32. The molecule has 19 heavy (non-hydrogen) atoms. The third-order valence-electron chi connectivity index (χ3n) is 1.78. The fourth-order valence-corrected chi connectivity index (χ4v) is 1.11. The molecule has 0 aromatic carbocycles. The van der Waals surface area contributed by atoms with Gasteiger partial charge in [0.15, 0.2) is 0 Å². The van der Waals surface area contributed by atoms with E-state index in [1.54, 1.807) is 0 Å². The van der Waals surface area contributed by atoms with Crippen molar-refractivity contribution in [2.45, 2.75) is 39.7 Å². The number of carbonyl (C=O) groups is 2. The Kier molecular flexibility index (Phi) is 9.16. The molecule has 6 nitrogen and oxygen atoms in total. The predicted molar refractivity (Wildman–Crippen MR) is 68.7 cm³/mol. The van der Waals surface area contributed by atoms with Crippen LogP contribution in [0.4, 0.5) is 0 Å². The van der Waals surface area contributed by atoms with Crippen LogP contribution in [0.15, 0.2) is 0 Å². The standard InChI is InChI=1S/C13H24O6/c1-11(14)18-10-9-17-8-7-16-6-5-12(15)19-13(2,3)4/h5-10H2,1-4H3. The molecule has 0 aliphatic rings. The summed E-state index contributed by atoms with van der Waals surface area (Å²) in [5, 5.41) is 0. The predicted octanol–water partition coefficient (Wildman–Crippen LogP) is 1.31. The Morgan fingerprint density at radius 2 is 1.42 bits per heavy atom. The van der Waals surface area contributed by atoms with Gasteiger partial charge in [0.1, 0.15) is 12.2 Å². The summed E-state index contributed by atoms with van der Waals surface area (Å²) in [6, 6.07) is 0. The van der Waals surface area contributed by atoms with Crippen LogP contribution in [0, 0.1) is 0 Å². The van der Waals surface area contributed by atoms with E-state index >= 15 is 0 Å². The van der Waals surface area contributed by atoms with Crippen molar-refractivity contribution in [1.82, 2.24) is 0 Å². The molecule has 0 saturated heterocycles. The molecule has 0 N–H and O–H groups in total. The lowest BCUT2D eigenvalue weighted by atomic mass is 10.2. The molecule has 0 spiro atoms. The molecule has 0 radical (unpaired) electrons. The summed E-state index contributed by atoms with van der Waals surface area (Å²) < 4.78 is 20.2. The number of hydrogen-bond donors (Lipinski definition) is 0. The van der Waals surface area contributed by atoms with Crippen LogP contribution in [0.1, 0.15) is 34.1 Å². The third-order valence-corrected chi connectivity index (χ3v) is 1.78. The number of esters is 2. The van der Waals surface area contributed by atoms with E-state index in [-0.39, 0.29) is 25.0 Å². The largest absolute Gasteiger partial charge is 0.463 e. The molecule has 0 atom stereocenters. The molecular formula is C13H24O6. The number of rotatable bonds is 9. The minimum absolute atomic E-state index is 0.227.